The summed E-state index contributed by atoms with van der Waals surface area (Å²) in [6, 6.07) is 7.83. The molecule has 0 N–H and O–H groups in total. The molecule has 2 rings (SSSR count). The maximum Gasteiger partial charge on any atom is 0.252 e. The second-order valence-corrected chi connectivity index (χ2v) is 9.93. The molecule has 1 aliphatic heterocycles. The Hall–Kier alpha value is -0.970. The second kappa shape index (κ2) is 9.29. The number of hydrogen-bond acceptors (Lipinski definition) is 3. The van der Waals surface area contributed by atoms with Crippen LogP contribution in [-0.4, -0.2) is 40.1 Å². The lowest BCUT2D eigenvalue weighted by atomic mass is 9.99. The quantitative estimate of drug-likeness (QED) is 0.571. The number of thioether (sulfide) groups is 1. The predicted molar refractivity (Wildman–Crippen MR) is 112 cm³/mol. The van der Waals surface area contributed by atoms with Gasteiger partial charge in [-0.15, -0.1) is 6.58 Å². The molecule has 0 spiro atoms. The molecule has 1 aliphatic rings. The Morgan fingerprint density at radius 1 is 1.38 bits per heavy atom. The molecule has 1 heterocycles. The molecule has 0 bridgehead atoms. The van der Waals surface area contributed by atoms with Crippen molar-refractivity contribution in [2.45, 2.75) is 63.5 Å². The Labute approximate surface area is 167 Å². The number of hydrogen-bond donors (Lipinski definition) is 0. The zero-order chi connectivity index (χ0) is 19.3. The lowest BCUT2D eigenvalue weighted by molar-refractivity contribution is -0.163. The molecule has 3 atom stereocenters. The van der Waals surface area contributed by atoms with Crippen LogP contribution < -0.4 is 0 Å². The van der Waals surface area contributed by atoms with E-state index in [-0.39, 0.29) is 22.7 Å². The summed E-state index contributed by atoms with van der Waals surface area (Å²) < 4.78 is 6.06. The molecular formula is C21H30ClNO2S. The van der Waals surface area contributed by atoms with E-state index in [0.29, 0.717) is 18.1 Å². The third-order valence-electron chi connectivity index (χ3n) is 4.53. The lowest BCUT2D eigenvalue weighted by Gasteiger charge is -2.44. The number of rotatable bonds is 7. The largest absolute Gasteiger partial charge is 0.366 e. The normalized spacial score (nSPS) is 22.3. The van der Waals surface area contributed by atoms with E-state index in [1.54, 1.807) is 6.08 Å². The number of amides is 1. The van der Waals surface area contributed by atoms with Gasteiger partial charge in [0.05, 0.1) is 12.6 Å². The van der Waals surface area contributed by atoms with Crippen LogP contribution in [0.25, 0.3) is 0 Å². The van der Waals surface area contributed by atoms with Crippen LogP contribution in [0.15, 0.2) is 36.9 Å². The smallest absolute Gasteiger partial charge is 0.252 e. The van der Waals surface area contributed by atoms with Gasteiger partial charge in [0.2, 0.25) is 0 Å². The van der Waals surface area contributed by atoms with Crippen molar-refractivity contribution in [3.63, 3.8) is 0 Å². The average Bonchev–Trinajstić information content (AvgIpc) is 2.58. The van der Waals surface area contributed by atoms with Crippen molar-refractivity contribution in [2.24, 2.45) is 0 Å². The van der Waals surface area contributed by atoms with Crippen LogP contribution in [-0.2, 0) is 9.53 Å². The Bertz CT molecular complexity index is 611. The first-order valence-corrected chi connectivity index (χ1v) is 10.6. The molecule has 1 amide bonds. The van der Waals surface area contributed by atoms with Gasteiger partial charge < -0.3 is 9.64 Å². The van der Waals surface area contributed by atoms with Gasteiger partial charge in [-0.05, 0) is 24.1 Å². The molecule has 0 aliphatic carbocycles. The van der Waals surface area contributed by atoms with E-state index < -0.39 is 6.10 Å². The second-order valence-electron chi connectivity index (χ2n) is 7.64. The first-order valence-electron chi connectivity index (χ1n) is 9.21. The number of morpholine rings is 1. The van der Waals surface area contributed by atoms with Gasteiger partial charge in [0.15, 0.2) is 0 Å². The molecule has 3 nitrogen and oxygen atoms in total. The first kappa shape index (κ1) is 21.3. The summed E-state index contributed by atoms with van der Waals surface area (Å²) in [7, 11) is 0. The van der Waals surface area contributed by atoms with Crippen LogP contribution in [0.1, 0.15) is 52.1 Å². The van der Waals surface area contributed by atoms with E-state index in [1.165, 1.54) is 0 Å². The van der Waals surface area contributed by atoms with Gasteiger partial charge in [0.25, 0.3) is 5.91 Å². The molecular weight excluding hydrogens is 366 g/mol. The maximum absolute atomic E-state index is 13.2. The Kier molecular flexibility index (Phi) is 7.63. The van der Waals surface area contributed by atoms with E-state index in [2.05, 4.69) is 39.2 Å². The molecule has 26 heavy (non-hydrogen) atoms. The fourth-order valence-corrected chi connectivity index (χ4v) is 4.33. The van der Waals surface area contributed by atoms with Crippen LogP contribution in [0.3, 0.4) is 0 Å². The highest BCUT2D eigenvalue weighted by molar-refractivity contribution is 8.00. The fraction of sp³-hybridized carbons (Fsp3) is 0.571. The predicted octanol–water partition coefficient (Wildman–Crippen LogP) is 5.49. The van der Waals surface area contributed by atoms with Crippen LogP contribution in [0.2, 0.25) is 5.02 Å². The minimum Gasteiger partial charge on any atom is -0.366 e. The molecule has 1 saturated heterocycles. The van der Waals surface area contributed by atoms with Crippen molar-refractivity contribution in [3.05, 3.63) is 47.5 Å². The maximum atomic E-state index is 13.2. The standard InChI is InChI=1S/C21H30ClNO2S/c1-6-8-19-20(24)23(17(7-2)14-26-21(3,4)5)18(13-25-19)15-9-11-16(22)12-10-15/h6,9-12,17-19H,1,7-8,13-14H2,2-5H3/t17-,18-,19?/m0/s1. The van der Waals surface area contributed by atoms with Crippen LogP contribution in [0.4, 0.5) is 0 Å². The highest BCUT2D eigenvalue weighted by Crippen LogP contribution is 2.34. The van der Waals surface area contributed by atoms with Crippen LogP contribution in [0.5, 0.6) is 0 Å². The fourth-order valence-electron chi connectivity index (χ4n) is 3.12. The number of benzene rings is 1. The van der Waals surface area contributed by atoms with Crippen molar-refractivity contribution in [1.82, 2.24) is 4.90 Å². The number of carbonyl (C=O) groups excluding carboxylic acids is 1. The van der Waals surface area contributed by atoms with Crippen molar-refractivity contribution in [2.75, 3.05) is 12.4 Å². The monoisotopic (exact) mass is 395 g/mol. The number of ether oxygens (including phenoxy) is 1. The van der Waals surface area contributed by atoms with E-state index in [4.69, 9.17) is 16.3 Å². The molecule has 1 unspecified atom stereocenters. The van der Waals surface area contributed by atoms with E-state index in [9.17, 15) is 4.79 Å². The minimum absolute atomic E-state index is 0.0671. The van der Waals surface area contributed by atoms with Crippen molar-refractivity contribution in [1.29, 1.82) is 0 Å². The molecule has 0 radical (unpaired) electrons. The Morgan fingerprint density at radius 3 is 2.58 bits per heavy atom. The van der Waals surface area contributed by atoms with Crippen molar-refractivity contribution in [3.8, 4) is 0 Å². The van der Waals surface area contributed by atoms with Crippen LogP contribution in [0, 0.1) is 0 Å². The van der Waals surface area contributed by atoms with Crippen LogP contribution >= 0.6 is 23.4 Å². The zero-order valence-corrected chi connectivity index (χ0v) is 17.8. The third kappa shape index (κ3) is 5.51. The van der Waals surface area contributed by atoms with Gasteiger partial charge in [0, 0.05) is 28.0 Å². The van der Waals surface area contributed by atoms with Gasteiger partial charge >= 0.3 is 0 Å². The van der Waals surface area contributed by atoms with Crippen molar-refractivity contribution < 1.29 is 9.53 Å². The van der Waals surface area contributed by atoms with E-state index >= 15 is 0 Å². The summed E-state index contributed by atoms with van der Waals surface area (Å²) in [5.41, 5.74) is 1.07. The van der Waals surface area contributed by atoms with Gasteiger partial charge in [0.1, 0.15) is 6.10 Å². The molecule has 1 fully saturated rings. The SMILES string of the molecule is C=CCC1OC[C@@H](c2ccc(Cl)cc2)N([C@@H](CC)CSC(C)(C)C)C1=O. The van der Waals surface area contributed by atoms with Gasteiger partial charge in [-0.2, -0.15) is 11.8 Å². The molecule has 0 saturated carbocycles. The summed E-state index contributed by atoms with van der Waals surface area (Å²) in [6.07, 6.45) is 2.80. The summed E-state index contributed by atoms with van der Waals surface area (Å²) in [5.74, 6) is 0.980. The molecule has 1 aromatic rings. The minimum atomic E-state index is -0.426. The molecule has 144 valence electrons. The molecule has 0 aromatic heterocycles. The number of halogens is 1. The van der Waals surface area contributed by atoms with Gasteiger partial charge in [-0.3, -0.25) is 4.79 Å². The third-order valence-corrected chi connectivity index (χ3v) is 6.20. The topological polar surface area (TPSA) is 29.5 Å². The van der Waals surface area contributed by atoms with Gasteiger partial charge in [-0.25, -0.2) is 0 Å². The van der Waals surface area contributed by atoms with E-state index in [0.717, 1.165) is 17.7 Å². The highest BCUT2D eigenvalue weighted by atomic mass is 35.5. The Morgan fingerprint density at radius 2 is 2.04 bits per heavy atom. The van der Waals surface area contributed by atoms with Crippen molar-refractivity contribution >= 4 is 29.3 Å². The number of carbonyl (C=O) groups is 1. The molecule has 1 aromatic carbocycles. The number of nitrogens with zero attached hydrogens (tertiary/aromatic N) is 1. The first-order chi connectivity index (χ1) is 12.3. The average molecular weight is 396 g/mol. The van der Waals surface area contributed by atoms with Gasteiger partial charge in [-0.1, -0.05) is 57.5 Å². The summed E-state index contributed by atoms with van der Waals surface area (Å²) in [4.78, 5) is 15.3. The van der Waals surface area contributed by atoms with E-state index in [1.807, 2.05) is 36.0 Å². The zero-order valence-electron chi connectivity index (χ0n) is 16.2. The lowest BCUT2D eigenvalue weighted by Crippen LogP contribution is -2.54. The summed E-state index contributed by atoms with van der Waals surface area (Å²) in [5, 5.41) is 0.697. The summed E-state index contributed by atoms with van der Waals surface area (Å²) >= 11 is 7.94. The molecule has 5 heteroatoms. The summed E-state index contributed by atoms with van der Waals surface area (Å²) in [6.45, 7) is 13.1. The Balaban J connectivity index is 2.30. The highest BCUT2D eigenvalue weighted by Gasteiger charge is 2.40.